The molecule has 1 aromatic carbocycles. The van der Waals surface area contributed by atoms with Crippen LogP contribution in [0.3, 0.4) is 0 Å². The molecule has 0 spiro atoms. The van der Waals surface area contributed by atoms with Crippen LogP contribution in [0.5, 0.6) is 0 Å². The third kappa shape index (κ3) is 4.13. The molecule has 0 atom stereocenters. The van der Waals surface area contributed by atoms with Crippen LogP contribution >= 0.6 is 0 Å². The molecule has 0 aliphatic heterocycles. The van der Waals surface area contributed by atoms with E-state index in [0.29, 0.717) is 0 Å². The molecule has 22 heavy (non-hydrogen) atoms. The number of allylic oxidation sites excluding steroid dienone is 1. The molecule has 0 unspecified atom stereocenters. The minimum absolute atomic E-state index is 0.00962. The van der Waals surface area contributed by atoms with Gasteiger partial charge in [0.2, 0.25) is 0 Å². The number of nitrogens with zero attached hydrogens (tertiary/aromatic N) is 3. The Labute approximate surface area is 131 Å². The van der Waals surface area contributed by atoms with E-state index in [0.717, 1.165) is 29.9 Å². The quantitative estimate of drug-likeness (QED) is 0.572. The summed E-state index contributed by atoms with van der Waals surface area (Å²) in [5.74, 6) is 0.00962. The predicted molar refractivity (Wildman–Crippen MR) is 89.4 cm³/mol. The molecule has 0 saturated carbocycles. The molecule has 4 nitrogen and oxygen atoms in total. The van der Waals surface area contributed by atoms with Gasteiger partial charge in [-0.15, -0.1) is 5.10 Å². The highest BCUT2D eigenvalue weighted by atomic mass is 16.1. The van der Waals surface area contributed by atoms with E-state index in [9.17, 15) is 4.79 Å². The number of aromatic nitrogens is 3. The van der Waals surface area contributed by atoms with Crippen LogP contribution in [0, 0.1) is 6.92 Å². The van der Waals surface area contributed by atoms with Gasteiger partial charge in [-0.2, -0.15) is 0 Å². The minimum Gasteiger partial charge on any atom is -0.295 e. The summed E-state index contributed by atoms with van der Waals surface area (Å²) >= 11 is 0. The number of carbonyl (C=O) groups is 1. The summed E-state index contributed by atoms with van der Waals surface area (Å²) in [6, 6.07) is 8.32. The van der Waals surface area contributed by atoms with E-state index >= 15 is 0 Å². The number of unbranched alkanes of at least 4 members (excludes halogenated alkanes) is 2. The van der Waals surface area contributed by atoms with Gasteiger partial charge in [0, 0.05) is 12.1 Å². The Kier molecular flexibility index (Phi) is 5.64. The Morgan fingerprint density at radius 3 is 2.59 bits per heavy atom. The van der Waals surface area contributed by atoms with E-state index < -0.39 is 0 Å². The first kappa shape index (κ1) is 16.1. The summed E-state index contributed by atoms with van der Waals surface area (Å²) in [6.07, 6.45) is 6.71. The first-order chi connectivity index (χ1) is 10.6. The number of hydrogen-bond donors (Lipinski definition) is 0. The molecule has 0 aliphatic carbocycles. The second-order valence-corrected chi connectivity index (χ2v) is 5.56. The summed E-state index contributed by atoms with van der Waals surface area (Å²) in [5, 5.41) is 8.51. The maximum absolute atomic E-state index is 11.2. The van der Waals surface area contributed by atoms with Crippen molar-refractivity contribution in [2.75, 3.05) is 0 Å². The summed E-state index contributed by atoms with van der Waals surface area (Å²) < 4.78 is 1.94. The van der Waals surface area contributed by atoms with E-state index in [1.807, 2.05) is 4.68 Å². The molecule has 0 fully saturated rings. The zero-order valence-electron chi connectivity index (χ0n) is 13.5. The van der Waals surface area contributed by atoms with Gasteiger partial charge in [-0.1, -0.05) is 54.8 Å². The van der Waals surface area contributed by atoms with Crippen LogP contribution in [-0.4, -0.2) is 20.8 Å². The second-order valence-electron chi connectivity index (χ2n) is 5.56. The SMILES string of the molecule is CCCCCn1nnc(/C=C/C(C)=O)c1-c1ccc(C)cc1. The summed E-state index contributed by atoms with van der Waals surface area (Å²) in [4.78, 5) is 11.2. The van der Waals surface area contributed by atoms with Gasteiger partial charge in [-0.05, 0) is 32.4 Å². The third-order valence-corrected chi connectivity index (χ3v) is 3.54. The van der Waals surface area contributed by atoms with Crippen LogP contribution < -0.4 is 0 Å². The fraction of sp³-hybridized carbons (Fsp3) is 0.389. The van der Waals surface area contributed by atoms with Crippen molar-refractivity contribution < 1.29 is 4.79 Å². The van der Waals surface area contributed by atoms with Crippen LogP contribution in [0.1, 0.15) is 44.4 Å². The molecular weight excluding hydrogens is 274 g/mol. The predicted octanol–water partition coefficient (Wildman–Crippen LogP) is 4.05. The second kappa shape index (κ2) is 7.69. The van der Waals surface area contributed by atoms with E-state index in [2.05, 4.69) is 48.4 Å². The maximum atomic E-state index is 11.2. The van der Waals surface area contributed by atoms with Crippen molar-refractivity contribution in [2.45, 2.75) is 46.6 Å². The van der Waals surface area contributed by atoms with Crippen molar-refractivity contribution in [1.29, 1.82) is 0 Å². The van der Waals surface area contributed by atoms with E-state index in [1.54, 1.807) is 6.08 Å². The highest BCUT2D eigenvalue weighted by molar-refractivity contribution is 5.92. The largest absolute Gasteiger partial charge is 0.295 e. The van der Waals surface area contributed by atoms with Crippen molar-refractivity contribution in [3.8, 4) is 11.3 Å². The Hall–Kier alpha value is -2.23. The van der Waals surface area contributed by atoms with Crippen molar-refractivity contribution in [3.63, 3.8) is 0 Å². The molecule has 4 heteroatoms. The average Bonchev–Trinajstić information content (AvgIpc) is 2.89. The van der Waals surface area contributed by atoms with Gasteiger partial charge in [-0.25, -0.2) is 4.68 Å². The zero-order chi connectivity index (χ0) is 15.9. The highest BCUT2D eigenvalue weighted by Gasteiger charge is 2.13. The standard InChI is InChI=1S/C18H23N3O/c1-4-5-6-13-21-18(16-10-7-14(2)8-11-16)17(19-20-21)12-9-15(3)22/h7-12H,4-6,13H2,1-3H3/b12-9+. The lowest BCUT2D eigenvalue weighted by atomic mass is 10.1. The van der Waals surface area contributed by atoms with Crippen LogP contribution in [0.25, 0.3) is 17.3 Å². The minimum atomic E-state index is 0.00962. The molecule has 116 valence electrons. The van der Waals surface area contributed by atoms with Crippen LogP contribution in [0.4, 0.5) is 0 Å². The molecule has 0 amide bonds. The Balaban J connectivity index is 2.38. The van der Waals surface area contributed by atoms with Gasteiger partial charge in [0.05, 0.1) is 5.69 Å². The summed E-state index contributed by atoms with van der Waals surface area (Å²) in [5.41, 5.74) is 4.02. The summed E-state index contributed by atoms with van der Waals surface area (Å²) in [6.45, 7) is 6.63. The number of aryl methyl sites for hydroxylation is 2. The number of ketones is 1. The summed E-state index contributed by atoms with van der Waals surface area (Å²) in [7, 11) is 0. The fourth-order valence-electron chi connectivity index (χ4n) is 2.31. The molecule has 0 radical (unpaired) electrons. The molecular formula is C18H23N3O. The van der Waals surface area contributed by atoms with Gasteiger partial charge in [0.25, 0.3) is 0 Å². The van der Waals surface area contributed by atoms with Crippen molar-refractivity contribution >= 4 is 11.9 Å². The van der Waals surface area contributed by atoms with E-state index in [4.69, 9.17) is 0 Å². The van der Waals surface area contributed by atoms with Crippen molar-refractivity contribution in [2.24, 2.45) is 0 Å². The number of carbonyl (C=O) groups excluding carboxylic acids is 1. The van der Waals surface area contributed by atoms with Gasteiger partial charge >= 0.3 is 0 Å². The van der Waals surface area contributed by atoms with Crippen molar-refractivity contribution in [3.05, 3.63) is 41.6 Å². The monoisotopic (exact) mass is 297 g/mol. The Bertz CT molecular complexity index is 653. The number of rotatable bonds is 7. The maximum Gasteiger partial charge on any atom is 0.152 e. The number of benzene rings is 1. The lowest BCUT2D eigenvalue weighted by Gasteiger charge is -2.07. The Morgan fingerprint density at radius 2 is 1.95 bits per heavy atom. The normalized spacial score (nSPS) is 11.2. The molecule has 0 bridgehead atoms. The van der Waals surface area contributed by atoms with Crippen LogP contribution in [0.2, 0.25) is 0 Å². The van der Waals surface area contributed by atoms with E-state index in [1.165, 1.54) is 31.4 Å². The lowest BCUT2D eigenvalue weighted by Crippen LogP contribution is -2.03. The van der Waals surface area contributed by atoms with Crippen LogP contribution in [-0.2, 0) is 11.3 Å². The molecule has 0 N–H and O–H groups in total. The first-order valence-corrected chi connectivity index (χ1v) is 7.81. The topological polar surface area (TPSA) is 47.8 Å². The molecule has 2 aromatic rings. The lowest BCUT2D eigenvalue weighted by molar-refractivity contribution is -0.112. The molecule has 0 saturated heterocycles. The molecule has 0 aliphatic rings. The molecule has 1 heterocycles. The third-order valence-electron chi connectivity index (χ3n) is 3.54. The fourth-order valence-corrected chi connectivity index (χ4v) is 2.31. The van der Waals surface area contributed by atoms with Crippen molar-refractivity contribution in [1.82, 2.24) is 15.0 Å². The average molecular weight is 297 g/mol. The van der Waals surface area contributed by atoms with Gasteiger partial charge in [0.15, 0.2) is 5.78 Å². The molecule has 2 rings (SSSR count). The van der Waals surface area contributed by atoms with E-state index in [-0.39, 0.29) is 5.78 Å². The highest BCUT2D eigenvalue weighted by Crippen LogP contribution is 2.24. The number of hydrogen-bond acceptors (Lipinski definition) is 3. The van der Waals surface area contributed by atoms with Crippen LogP contribution in [0.15, 0.2) is 30.3 Å². The Morgan fingerprint density at radius 1 is 1.23 bits per heavy atom. The zero-order valence-corrected chi connectivity index (χ0v) is 13.5. The van der Waals surface area contributed by atoms with Gasteiger partial charge in [0.1, 0.15) is 5.69 Å². The smallest absolute Gasteiger partial charge is 0.152 e. The molecule has 1 aromatic heterocycles. The van der Waals surface area contributed by atoms with Gasteiger partial charge < -0.3 is 0 Å². The van der Waals surface area contributed by atoms with Gasteiger partial charge in [-0.3, -0.25) is 4.79 Å². The first-order valence-electron chi connectivity index (χ1n) is 7.81.